The molecule has 0 atom stereocenters. The van der Waals surface area contributed by atoms with Gasteiger partial charge in [-0.25, -0.2) is 15.1 Å². The van der Waals surface area contributed by atoms with Gasteiger partial charge in [-0.3, -0.25) is 10.1 Å². The summed E-state index contributed by atoms with van der Waals surface area (Å²) in [5.41, 5.74) is 0. The summed E-state index contributed by atoms with van der Waals surface area (Å²) in [6.07, 6.45) is 0.986. The lowest BCUT2D eigenvalue weighted by Crippen LogP contribution is -2.23. The maximum Gasteiger partial charge on any atom is 0.345 e. The molecule has 13 heavy (non-hydrogen) atoms. The van der Waals surface area contributed by atoms with E-state index in [1.54, 1.807) is 0 Å². The van der Waals surface area contributed by atoms with E-state index in [1.165, 1.54) is 7.05 Å². The fraction of sp³-hybridized carbons (Fsp3) is 0.250. The van der Waals surface area contributed by atoms with E-state index in [4.69, 9.17) is 0 Å². The molecule has 70 valence electrons. The second-order valence-corrected chi connectivity index (χ2v) is 2.99. The minimum atomic E-state index is -0.706. The second-order valence-electron chi connectivity index (χ2n) is 2.00. The number of aromatic nitrogens is 1. The molecule has 0 aliphatic carbocycles. The topological polar surface area (TPSA) is 102 Å². The van der Waals surface area contributed by atoms with Gasteiger partial charge in [0.05, 0.1) is 12.0 Å². The Morgan fingerprint density at radius 2 is 2.15 bits per heavy atom. The van der Waals surface area contributed by atoms with Gasteiger partial charge in [-0.15, -0.1) is 0 Å². The molecule has 8 nitrogen and oxygen atoms in total. The van der Waals surface area contributed by atoms with Crippen LogP contribution in [0.4, 0.5) is 10.1 Å². The zero-order chi connectivity index (χ0) is 10.0. The molecule has 1 aromatic heterocycles. The summed E-state index contributed by atoms with van der Waals surface area (Å²) in [5, 5.41) is 20.1. The fourth-order valence-electron chi connectivity index (χ4n) is 0.561. The Labute approximate surface area is 75.7 Å². The summed E-state index contributed by atoms with van der Waals surface area (Å²) in [4.78, 5) is 23.3. The highest BCUT2D eigenvalue weighted by Gasteiger charge is 2.19. The van der Waals surface area contributed by atoms with Gasteiger partial charge in [0, 0.05) is 0 Å². The van der Waals surface area contributed by atoms with E-state index in [0.29, 0.717) is 16.3 Å². The van der Waals surface area contributed by atoms with Crippen molar-refractivity contribution in [1.82, 2.24) is 4.98 Å². The summed E-state index contributed by atoms with van der Waals surface area (Å²) in [5.74, 6) is 0. The Morgan fingerprint density at radius 3 is 2.54 bits per heavy atom. The molecular formula is C4H4N4O4S. The van der Waals surface area contributed by atoms with Crippen molar-refractivity contribution in [2.75, 3.05) is 12.1 Å². The molecule has 0 saturated carbocycles. The first-order chi connectivity index (χ1) is 6.02. The third-order valence-electron chi connectivity index (χ3n) is 1.18. The lowest BCUT2D eigenvalue weighted by Gasteiger charge is -2.00. The van der Waals surface area contributed by atoms with Crippen molar-refractivity contribution in [3.63, 3.8) is 0 Å². The van der Waals surface area contributed by atoms with Crippen LogP contribution in [-0.4, -0.2) is 22.0 Å². The molecule has 0 aliphatic rings. The van der Waals surface area contributed by atoms with Crippen LogP contribution in [0, 0.1) is 20.2 Å². The van der Waals surface area contributed by atoms with Gasteiger partial charge in [0.25, 0.3) is 5.13 Å². The third kappa shape index (κ3) is 1.87. The van der Waals surface area contributed by atoms with Gasteiger partial charge in [-0.05, 0) is 11.3 Å². The maximum absolute atomic E-state index is 10.2. The zero-order valence-electron chi connectivity index (χ0n) is 6.41. The monoisotopic (exact) mass is 204 g/mol. The van der Waals surface area contributed by atoms with E-state index in [0.717, 1.165) is 6.20 Å². The predicted octanol–water partition coefficient (Wildman–Crippen LogP) is 0.679. The number of hydrogen-bond acceptors (Lipinski definition) is 6. The molecule has 0 saturated heterocycles. The standard InChI is InChI=1S/C4H4N4O4S/c1-6(8(11)12)4-5-2-3(13-4)7(9)10/h2H,1H3. The molecule has 1 aromatic rings. The quantitative estimate of drug-likeness (QED) is 0.529. The van der Waals surface area contributed by atoms with Crippen LogP contribution in [0.5, 0.6) is 0 Å². The van der Waals surface area contributed by atoms with Crippen LogP contribution in [0.2, 0.25) is 0 Å². The summed E-state index contributed by atoms with van der Waals surface area (Å²) < 4.78 is 0. The van der Waals surface area contributed by atoms with Crippen LogP contribution in [0.15, 0.2) is 6.20 Å². The molecule has 0 N–H and O–H groups in total. The Morgan fingerprint density at radius 1 is 1.54 bits per heavy atom. The Hall–Kier alpha value is -1.77. The van der Waals surface area contributed by atoms with Crippen molar-refractivity contribution in [2.24, 2.45) is 0 Å². The summed E-state index contributed by atoms with van der Waals surface area (Å²) in [6.45, 7) is 0. The van der Waals surface area contributed by atoms with E-state index in [2.05, 4.69) is 4.98 Å². The number of hydrazine groups is 1. The Kier molecular flexibility index (Phi) is 2.37. The van der Waals surface area contributed by atoms with Crippen LogP contribution in [0.1, 0.15) is 0 Å². The van der Waals surface area contributed by atoms with Crippen molar-refractivity contribution in [3.05, 3.63) is 26.4 Å². The van der Waals surface area contributed by atoms with E-state index < -0.39 is 9.96 Å². The van der Waals surface area contributed by atoms with Crippen LogP contribution < -0.4 is 5.01 Å². The predicted molar refractivity (Wildman–Crippen MR) is 44.2 cm³/mol. The summed E-state index contributed by atoms with van der Waals surface area (Å²) >= 11 is 0.651. The van der Waals surface area contributed by atoms with E-state index in [1.807, 2.05) is 0 Å². The lowest BCUT2D eigenvalue weighted by molar-refractivity contribution is -0.490. The minimum Gasteiger partial charge on any atom is -0.257 e. The van der Waals surface area contributed by atoms with Gasteiger partial charge in [0.15, 0.2) is 5.03 Å². The first kappa shape index (κ1) is 9.32. The zero-order valence-corrected chi connectivity index (χ0v) is 7.22. The van der Waals surface area contributed by atoms with E-state index in [9.17, 15) is 20.2 Å². The average molecular weight is 204 g/mol. The smallest absolute Gasteiger partial charge is 0.257 e. The molecule has 0 fully saturated rings. The minimum absolute atomic E-state index is 0.0169. The van der Waals surface area contributed by atoms with Crippen LogP contribution >= 0.6 is 11.3 Å². The molecule has 0 radical (unpaired) electrons. The molecule has 0 aliphatic heterocycles. The Bertz CT molecular complexity index is 350. The van der Waals surface area contributed by atoms with Crippen molar-refractivity contribution in [1.29, 1.82) is 0 Å². The van der Waals surface area contributed by atoms with Crippen molar-refractivity contribution < 1.29 is 9.96 Å². The van der Waals surface area contributed by atoms with E-state index in [-0.39, 0.29) is 10.1 Å². The van der Waals surface area contributed by atoms with Gasteiger partial charge in [-0.1, -0.05) is 5.01 Å². The SMILES string of the molecule is CN(c1ncc([N+](=O)[O-])s1)[N+](=O)[O-]. The number of thiazole rings is 1. The fourth-order valence-corrected chi connectivity index (χ4v) is 1.23. The Balaban J connectivity index is 2.91. The number of anilines is 1. The highest BCUT2D eigenvalue weighted by Crippen LogP contribution is 2.27. The highest BCUT2D eigenvalue weighted by atomic mass is 32.1. The largest absolute Gasteiger partial charge is 0.345 e. The normalized spacial score (nSPS) is 9.62. The van der Waals surface area contributed by atoms with Crippen LogP contribution in [0.3, 0.4) is 0 Å². The van der Waals surface area contributed by atoms with Crippen molar-refractivity contribution in [3.8, 4) is 0 Å². The molecule has 0 unspecified atom stereocenters. The number of nitrogens with zero attached hydrogens (tertiary/aromatic N) is 4. The first-order valence-corrected chi connectivity index (χ1v) is 3.82. The summed E-state index contributed by atoms with van der Waals surface area (Å²) in [6, 6.07) is 0. The molecule has 0 bridgehead atoms. The second kappa shape index (κ2) is 3.31. The van der Waals surface area contributed by atoms with Gasteiger partial charge < -0.3 is 0 Å². The van der Waals surface area contributed by atoms with Crippen molar-refractivity contribution >= 4 is 21.5 Å². The molecule has 0 aromatic carbocycles. The number of rotatable bonds is 3. The molecule has 9 heteroatoms. The molecule has 1 heterocycles. The molecule has 1 rings (SSSR count). The van der Waals surface area contributed by atoms with Crippen LogP contribution in [-0.2, 0) is 0 Å². The molecule has 0 amide bonds. The van der Waals surface area contributed by atoms with Gasteiger partial charge in [0.1, 0.15) is 6.20 Å². The van der Waals surface area contributed by atoms with Crippen LogP contribution in [0.25, 0.3) is 0 Å². The van der Waals surface area contributed by atoms with Gasteiger partial charge in [-0.2, -0.15) is 0 Å². The summed E-state index contributed by atoms with van der Waals surface area (Å²) in [7, 11) is 1.17. The maximum atomic E-state index is 10.2. The third-order valence-corrected chi connectivity index (χ3v) is 2.20. The highest BCUT2D eigenvalue weighted by molar-refractivity contribution is 7.18. The number of hydrogen-bond donors (Lipinski definition) is 0. The first-order valence-electron chi connectivity index (χ1n) is 3.00. The van der Waals surface area contributed by atoms with Gasteiger partial charge in [0.2, 0.25) is 0 Å². The molecular weight excluding hydrogens is 200 g/mol. The lowest BCUT2D eigenvalue weighted by atomic mass is 10.9. The van der Waals surface area contributed by atoms with E-state index >= 15 is 0 Å². The number of nitro groups is 2. The van der Waals surface area contributed by atoms with Crippen molar-refractivity contribution in [2.45, 2.75) is 0 Å². The van der Waals surface area contributed by atoms with Gasteiger partial charge >= 0.3 is 5.00 Å². The molecule has 0 spiro atoms. The average Bonchev–Trinajstić information content (AvgIpc) is 2.50.